The SMILES string of the molecule is CC(Oc1ccccc1)C(=O)NOC(=O)CC(C)(C)C. The minimum Gasteiger partial charge on any atom is -0.481 e. The van der Waals surface area contributed by atoms with Gasteiger partial charge in [0.15, 0.2) is 6.10 Å². The van der Waals surface area contributed by atoms with Crippen molar-refractivity contribution in [3.8, 4) is 5.75 Å². The van der Waals surface area contributed by atoms with Gasteiger partial charge in [-0.3, -0.25) is 4.79 Å². The van der Waals surface area contributed by atoms with Crippen LogP contribution in [0.2, 0.25) is 0 Å². The van der Waals surface area contributed by atoms with E-state index in [1.807, 2.05) is 39.0 Å². The van der Waals surface area contributed by atoms with E-state index < -0.39 is 18.0 Å². The fraction of sp³-hybridized carbons (Fsp3) is 0.467. The molecule has 1 unspecified atom stereocenters. The second kappa shape index (κ2) is 6.93. The maximum Gasteiger partial charge on any atom is 0.332 e. The number of hydrogen-bond donors (Lipinski definition) is 1. The first-order chi connectivity index (χ1) is 9.28. The predicted molar refractivity (Wildman–Crippen MR) is 74.8 cm³/mol. The molecule has 1 amide bonds. The number of rotatable bonds is 4. The second-order valence-corrected chi connectivity index (χ2v) is 5.75. The van der Waals surface area contributed by atoms with E-state index in [0.29, 0.717) is 5.75 Å². The van der Waals surface area contributed by atoms with Crippen molar-refractivity contribution >= 4 is 11.9 Å². The first kappa shape index (κ1) is 16.0. The average Bonchev–Trinajstić information content (AvgIpc) is 2.35. The first-order valence-electron chi connectivity index (χ1n) is 6.49. The molecule has 1 aromatic rings. The lowest BCUT2D eigenvalue weighted by Gasteiger charge is -2.17. The summed E-state index contributed by atoms with van der Waals surface area (Å²) in [6.45, 7) is 7.32. The fourth-order valence-electron chi connectivity index (χ4n) is 1.42. The van der Waals surface area contributed by atoms with Gasteiger partial charge < -0.3 is 9.57 Å². The van der Waals surface area contributed by atoms with Crippen molar-refractivity contribution in [1.82, 2.24) is 5.48 Å². The Bertz CT molecular complexity index is 451. The van der Waals surface area contributed by atoms with Crippen LogP contribution in [0, 0.1) is 5.41 Å². The van der Waals surface area contributed by atoms with E-state index in [4.69, 9.17) is 9.57 Å². The normalized spacial score (nSPS) is 12.4. The molecule has 0 aliphatic heterocycles. The summed E-state index contributed by atoms with van der Waals surface area (Å²) in [5.41, 5.74) is 1.93. The highest BCUT2D eigenvalue weighted by Crippen LogP contribution is 2.18. The molecular weight excluding hydrogens is 258 g/mol. The molecule has 0 heterocycles. The van der Waals surface area contributed by atoms with Gasteiger partial charge >= 0.3 is 5.97 Å². The number of amides is 1. The number of carbonyl (C=O) groups excluding carboxylic acids is 2. The van der Waals surface area contributed by atoms with Crippen LogP contribution in [0.4, 0.5) is 0 Å². The molecule has 20 heavy (non-hydrogen) atoms. The number of carbonyl (C=O) groups is 2. The van der Waals surface area contributed by atoms with Gasteiger partial charge in [0.2, 0.25) is 0 Å². The Morgan fingerprint density at radius 1 is 1.20 bits per heavy atom. The number of hydrogen-bond acceptors (Lipinski definition) is 4. The van der Waals surface area contributed by atoms with E-state index in [-0.39, 0.29) is 11.8 Å². The molecule has 5 heteroatoms. The monoisotopic (exact) mass is 279 g/mol. The molecule has 1 rings (SSSR count). The minimum atomic E-state index is -0.750. The summed E-state index contributed by atoms with van der Waals surface area (Å²) in [6.07, 6.45) is -0.527. The fourth-order valence-corrected chi connectivity index (χ4v) is 1.42. The van der Waals surface area contributed by atoms with Crippen LogP contribution in [0.25, 0.3) is 0 Å². The summed E-state index contributed by atoms with van der Waals surface area (Å²) in [5.74, 6) is -0.398. The van der Waals surface area contributed by atoms with Gasteiger partial charge in [-0.2, -0.15) is 5.48 Å². The lowest BCUT2D eigenvalue weighted by atomic mass is 9.93. The summed E-state index contributed by atoms with van der Waals surface area (Å²) in [6, 6.07) is 8.96. The van der Waals surface area contributed by atoms with E-state index in [2.05, 4.69) is 5.48 Å². The molecule has 0 aliphatic carbocycles. The number of hydroxylamine groups is 1. The standard InChI is InChI=1S/C15H21NO4/c1-11(19-12-8-6-5-7-9-12)14(18)16-20-13(17)10-15(2,3)4/h5-9,11H,10H2,1-4H3,(H,16,18). The van der Waals surface area contributed by atoms with E-state index in [1.165, 1.54) is 0 Å². The van der Waals surface area contributed by atoms with E-state index >= 15 is 0 Å². The summed E-state index contributed by atoms with van der Waals surface area (Å²) in [4.78, 5) is 27.9. The van der Waals surface area contributed by atoms with Crippen molar-refractivity contribution < 1.29 is 19.2 Å². The van der Waals surface area contributed by atoms with Gasteiger partial charge in [-0.1, -0.05) is 39.0 Å². The molecule has 0 aromatic heterocycles. The molecular formula is C15H21NO4. The molecule has 5 nitrogen and oxygen atoms in total. The van der Waals surface area contributed by atoms with Crippen LogP contribution in [-0.4, -0.2) is 18.0 Å². The largest absolute Gasteiger partial charge is 0.481 e. The highest BCUT2D eigenvalue weighted by molar-refractivity contribution is 5.81. The molecule has 0 saturated carbocycles. The van der Waals surface area contributed by atoms with E-state index in [9.17, 15) is 9.59 Å². The highest BCUT2D eigenvalue weighted by atomic mass is 16.7. The zero-order valence-corrected chi connectivity index (χ0v) is 12.3. The number of para-hydroxylation sites is 1. The Balaban J connectivity index is 2.37. The van der Waals surface area contributed by atoms with E-state index in [1.54, 1.807) is 19.1 Å². The van der Waals surface area contributed by atoms with Crippen molar-refractivity contribution in [1.29, 1.82) is 0 Å². The predicted octanol–water partition coefficient (Wildman–Crippen LogP) is 2.46. The summed E-state index contributed by atoms with van der Waals surface area (Å²) < 4.78 is 5.41. The maximum absolute atomic E-state index is 11.7. The smallest absolute Gasteiger partial charge is 0.332 e. The van der Waals surface area contributed by atoms with Crippen molar-refractivity contribution in [2.75, 3.05) is 0 Å². The Kier molecular flexibility index (Phi) is 5.55. The third-order valence-corrected chi connectivity index (χ3v) is 2.37. The third kappa shape index (κ3) is 6.22. The molecule has 0 spiro atoms. The summed E-state index contributed by atoms with van der Waals surface area (Å²) >= 11 is 0. The molecule has 1 aromatic carbocycles. The van der Waals surface area contributed by atoms with Gasteiger partial charge in [0.05, 0.1) is 6.42 Å². The Labute approximate surface area is 119 Å². The first-order valence-corrected chi connectivity index (χ1v) is 6.49. The molecule has 1 atom stereocenters. The Morgan fingerprint density at radius 2 is 1.80 bits per heavy atom. The molecule has 1 N–H and O–H groups in total. The minimum absolute atomic E-state index is 0.187. The molecule has 0 aliphatic rings. The lowest BCUT2D eigenvalue weighted by molar-refractivity contribution is -0.162. The van der Waals surface area contributed by atoms with Crippen LogP contribution < -0.4 is 10.2 Å². The Hall–Kier alpha value is -2.04. The number of nitrogens with one attached hydrogen (secondary N) is 1. The van der Waals surface area contributed by atoms with Crippen LogP contribution in [0.1, 0.15) is 34.1 Å². The van der Waals surface area contributed by atoms with Gasteiger partial charge in [-0.15, -0.1) is 0 Å². The van der Waals surface area contributed by atoms with Gasteiger partial charge in [0.25, 0.3) is 5.91 Å². The molecule has 0 fully saturated rings. The van der Waals surface area contributed by atoms with Crippen molar-refractivity contribution in [2.45, 2.75) is 40.2 Å². The summed E-state index contributed by atoms with van der Waals surface area (Å²) in [5, 5.41) is 0. The summed E-state index contributed by atoms with van der Waals surface area (Å²) in [7, 11) is 0. The molecule has 0 saturated heterocycles. The lowest BCUT2D eigenvalue weighted by Crippen LogP contribution is -2.38. The number of ether oxygens (including phenoxy) is 1. The van der Waals surface area contributed by atoms with E-state index in [0.717, 1.165) is 0 Å². The second-order valence-electron chi connectivity index (χ2n) is 5.75. The topological polar surface area (TPSA) is 64.6 Å². The Morgan fingerprint density at radius 3 is 2.35 bits per heavy atom. The van der Waals surface area contributed by atoms with Crippen molar-refractivity contribution in [2.24, 2.45) is 5.41 Å². The van der Waals surface area contributed by atoms with Crippen molar-refractivity contribution in [3.05, 3.63) is 30.3 Å². The zero-order valence-electron chi connectivity index (χ0n) is 12.3. The van der Waals surface area contributed by atoms with Crippen LogP contribution in [0.5, 0.6) is 5.75 Å². The highest BCUT2D eigenvalue weighted by Gasteiger charge is 2.20. The van der Waals surface area contributed by atoms with Crippen molar-refractivity contribution in [3.63, 3.8) is 0 Å². The van der Waals surface area contributed by atoms with Gasteiger partial charge in [-0.25, -0.2) is 4.79 Å². The van der Waals surface area contributed by atoms with Crippen LogP contribution in [0.3, 0.4) is 0 Å². The van der Waals surface area contributed by atoms with Crippen LogP contribution >= 0.6 is 0 Å². The van der Waals surface area contributed by atoms with Gasteiger partial charge in [-0.05, 0) is 24.5 Å². The van der Waals surface area contributed by atoms with Gasteiger partial charge in [0, 0.05) is 0 Å². The molecule has 0 radical (unpaired) electrons. The van der Waals surface area contributed by atoms with Gasteiger partial charge in [0.1, 0.15) is 5.75 Å². The maximum atomic E-state index is 11.7. The zero-order chi connectivity index (χ0) is 15.2. The quantitative estimate of drug-likeness (QED) is 0.860. The average molecular weight is 279 g/mol. The van der Waals surface area contributed by atoms with Crippen LogP contribution in [0.15, 0.2) is 30.3 Å². The third-order valence-electron chi connectivity index (χ3n) is 2.37. The molecule has 110 valence electrons. The van der Waals surface area contributed by atoms with Crippen LogP contribution in [-0.2, 0) is 14.4 Å². The number of benzene rings is 1. The molecule has 0 bridgehead atoms.